The summed E-state index contributed by atoms with van der Waals surface area (Å²) in [7, 11) is 0. The Balaban J connectivity index is 2.97. The first-order valence-electron chi connectivity index (χ1n) is 5.01. The number of nitrogens with zero attached hydrogens (tertiary/aromatic N) is 3. The number of nitro benzene ring substituents is 1. The minimum Gasteiger partial charge on any atom is -0.258 e. The first kappa shape index (κ1) is 13.1. The molecule has 0 N–H and O–H groups in total. The van der Waals surface area contributed by atoms with Crippen LogP contribution < -0.4 is 0 Å². The average molecular weight is 239 g/mol. The van der Waals surface area contributed by atoms with E-state index in [1.54, 1.807) is 37.3 Å². The highest BCUT2D eigenvalue weighted by atomic mass is 16.6. The van der Waals surface area contributed by atoms with E-state index in [0.717, 1.165) is 11.1 Å². The van der Waals surface area contributed by atoms with Gasteiger partial charge in [-0.15, -0.1) is 0 Å². The number of non-ortho nitro benzene ring substituents is 1. The maximum atomic E-state index is 10.5. The third-order valence-corrected chi connectivity index (χ3v) is 2.11. The van der Waals surface area contributed by atoms with Crippen LogP contribution in [-0.2, 0) is 0 Å². The highest BCUT2D eigenvalue weighted by molar-refractivity contribution is 5.58. The molecule has 18 heavy (non-hydrogen) atoms. The second-order valence-electron chi connectivity index (χ2n) is 3.52. The molecule has 1 aromatic rings. The van der Waals surface area contributed by atoms with Gasteiger partial charge in [0.05, 0.1) is 4.92 Å². The Bertz CT molecular complexity index is 583. The first-order valence-corrected chi connectivity index (χ1v) is 5.01. The zero-order chi connectivity index (χ0) is 13.5. The topological polar surface area (TPSA) is 90.7 Å². The minimum absolute atomic E-state index is 0.0191. The zero-order valence-corrected chi connectivity index (χ0v) is 9.62. The molecular weight excluding hydrogens is 230 g/mol. The van der Waals surface area contributed by atoms with Gasteiger partial charge in [-0.2, -0.15) is 10.5 Å². The van der Waals surface area contributed by atoms with Gasteiger partial charge in [0.2, 0.25) is 0 Å². The quantitative estimate of drug-likeness (QED) is 0.351. The Morgan fingerprint density at radius 3 is 2.28 bits per heavy atom. The van der Waals surface area contributed by atoms with Crippen molar-refractivity contribution in [1.82, 2.24) is 0 Å². The Kier molecular flexibility index (Phi) is 4.36. The molecule has 0 unspecified atom stereocenters. The molecule has 0 radical (unpaired) electrons. The van der Waals surface area contributed by atoms with Crippen LogP contribution in [0, 0.1) is 32.8 Å². The van der Waals surface area contributed by atoms with Crippen molar-refractivity contribution >= 4 is 11.8 Å². The molecule has 1 aromatic carbocycles. The number of allylic oxidation sites excluding steroid dienone is 3. The lowest BCUT2D eigenvalue weighted by molar-refractivity contribution is -0.384. The van der Waals surface area contributed by atoms with Gasteiger partial charge in [0.15, 0.2) is 0 Å². The van der Waals surface area contributed by atoms with Gasteiger partial charge in [-0.05, 0) is 36.3 Å². The van der Waals surface area contributed by atoms with Gasteiger partial charge in [0, 0.05) is 12.1 Å². The van der Waals surface area contributed by atoms with E-state index in [4.69, 9.17) is 10.5 Å². The predicted octanol–water partition coefficient (Wildman–Crippen LogP) is 2.97. The van der Waals surface area contributed by atoms with Crippen molar-refractivity contribution in [3.05, 3.63) is 57.2 Å². The number of hydrogen-bond donors (Lipinski definition) is 0. The molecule has 0 bridgehead atoms. The predicted molar refractivity (Wildman–Crippen MR) is 66.1 cm³/mol. The molecule has 0 amide bonds. The van der Waals surface area contributed by atoms with E-state index in [2.05, 4.69) is 0 Å². The molecule has 1 rings (SSSR count). The van der Waals surface area contributed by atoms with E-state index in [0.29, 0.717) is 0 Å². The van der Waals surface area contributed by atoms with Crippen LogP contribution in [0.4, 0.5) is 5.69 Å². The van der Waals surface area contributed by atoms with Crippen LogP contribution in [0.3, 0.4) is 0 Å². The van der Waals surface area contributed by atoms with Crippen molar-refractivity contribution in [1.29, 1.82) is 10.5 Å². The molecule has 0 aliphatic heterocycles. The van der Waals surface area contributed by atoms with Gasteiger partial charge in [0.25, 0.3) is 5.69 Å². The van der Waals surface area contributed by atoms with Gasteiger partial charge in [-0.25, -0.2) is 0 Å². The van der Waals surface area contributed by atoms with Crippen molar-refractivity contribution in [3.8, 4) is 12.1 Å². The molecule has 0 heterocycles. The van der Waals surface area contributed by atoms with Gasteiger partial charge in [0.1, 0.15) is 17.7 Å². The Hall–Kier alpha value is -2.92. The van der Waals surface area contributed by atoms with Gasteiger partial charge in [-0.1, -0.05) is 6.08 Å². The molecule has 0 spiro atoms. The molecular formula is C13H9N3O2. The fourth-order valence-corrected chi connectivity index (χ4v) is 1.31. The summed E-state index contributed by atoms with van der Waals surface area (Å²) >= 11 is 0. The summed E-state index contributed by atoms with van der Waals surface area (Å²) in [6.45, 7) is 1.75. The fraction of sp³-hybridized carbons (Fsp3) is 0.0769. The van der Waals surface area contributed by atoms with Gasteiger partial charge in [-0.3, -0.25) is 10.1 Å². The Labute approximate surface area is 104 Å². The van der Waals surface area contributed by atoms with Crippen LogP contribution in [0.2, 0.25) is 0 Å². The molecule has 0 aromatic heterocycles. The second kappa shape index (κ2) is 5.97. The second-order valence-corrected chi connectivity index (χ2v) is 3.52. The van der Waals surface area contributed by atoms with Crippen LogP contribution in [0.5, 0.6) is 0 Å². The van der Waals surface area contributed by atoms with E-state index in [1.807, 2.05) is 0 Å². The van der Waals surface area contributed by atoms with Crippen LogP contribution >= 0.6 is 0 Å². The molecule has 0 fully saturated rings. The van der Waals surface area contributed by atoms with E-state index in [1.165, 1.54) is 18.2 Å². The molecule has 0 saturated heterocycles. The lowest BCUT2D eigenvalue weighted by Crippen LogP contribution is -1.86. The average Bonchev–Trinajstić information content (AvgIpc) is 2.36. The smallest absolute Gasteiger partial charge is 0.258 e. The van der Waals surface area contributed by atoms with Crippen LogP contribution in [0.1, 0.15) is 12.5 Å². The van der Waals surface area contributed by atoms with E-state index in [-0.39, 0.29) is 11.3 Å². The van der Waals surface area contributed by atoms with Crippen molar-refractivity contribution in [3.63, 3.8) is 0 Å². The maximum absolute atomic E-state index is 10.5. The van der Waals surface area contributed by atoms with E-state index < -0.39 is 4.92 Å². The monoisotopic (exact) mass is 239 g/mol. The van der Waals surface area contributed by atoms with Gasteiger partial charge < -0.3 is 0 Å². The van der Waals surface area contributed by atoms with Crippen molar-refractivity contribution in [2.24, 2.45) is 0 Å². The van der Waals surface area contributed by atoms with Gasteiger partial charge >= 0.3 is 0 Å². The molecule has 0 aliphatic carbocycles. The number of hydrogen-bond acceptors (Lipinski definition) is 4. The largest absolute Gasteiger partial charge is 0.269 e. The SMILES string of the molecule is C/C(C=C(C#N)C#N)=C/c1ccc([N+](=O)[O-])cc1. The van der Waals surface area contributed by atoms with E-state index >= 15 is 0 Å². The van der Waals surface area contributed by atoms with Crippen molar-refractivity contribution < 1.29 is 4.92 Å². The molecule has 0 saturated carbocycles. The summed E-state index contributed by atoms with van der Waals surface area (Å²) in [6.07, 6.45) is 3.19. The number of benzene rings is 1. The lowest BCUT2D eigenvalue weighted by atomic mass is 10.1. The summed E-state index contributed by atoms with van der Waals surface area (Å²) < 4.78 is 0. The Morgan fingerprint density at radius 1 is 1.28 bits per heavy atom. The maximum Gasteiger partial charge on any atom is 0.269 e. The molecule has 0 atom stereocenters. The van der Waals surface area contributed by atoms with Crippen LogP contribution in [0.25, 0.3) is 6.08 Å². The molecule has 5 heteroatoms. The molecule has 0 aliphatic rings. The summed E-state index contributed by atoms with van der Waals surface area (Å²) in [5, 5.41) is 27.7. The summed E-state index contributed by atoms with van der Waals surface area (Å²) in [5.74, 6) is 0. The van der Waals surface area contributed by atoms with Crippen molar-refractivity contribution in [2.75, 3.05) is 0 Å². The number of rotatable bonds is 3. The summed E-state index contributed by atoms with van der Waals surface area (Å²) in [4.78, 5) is 10.00. The zero-order valence-electron chi connectivity index (χ0n) is 9.62. The minimum atomic E-state index is -0.469. The first-order chi connectivity index (χ1) is 8.56. The lowest BCUT2D eigenvalue weighted by Gasteiger charge is -1.96. The summed E-state index contributed by atoms with van der Waals surface area (Å²) in [6, 6.07) is 9.54. The normalized spacial score (nSPS) is 10.1. The van der Waals surface area contributed by atoms with E-state index in [9.17, 15) is 10.1 Å². The number of nitro groups is 1. The fourth-order valence-electron chi connectivity index (χ4n) is 1.31. The van der Waals surface area contributed by atoms with Crippen LogP contribution in [0.15, 0.2) is 41.5 Å². The third-order valence-electron chi connectivity index (χ3n) is 2.11. The van der Waals surface area contributed by atoms with Crippen LogP contribution in [-0.4, -0.2) is 4.92 Å². The summed E-state index contributed by atoms with van der Waals surface area (Å²) in [5.41, 5.74) is 1.53. The molecule has 88 valence electrons. The molecule has 5 nitrogen and oxygen atoms in total. The highest BCUT2D eigenvalue weighted by Gasteiger charge is 2.02. The third kappa shape index (κ3) is 3.58. The Morgan fingerprint density at radius 2 is 1.83 bits per heavy atom. The standard InChI is InChI=1S/C13H9N3O2/c1-10(7-12(8-14)9-15)6-11-2-4-13(5-3-11)16(17)18/h2-7H,1H3/b10-6-. The van der Waals surface area contributed by atoms with Crippen molar-refractivity contribution in [2.45, 2.75) is 6.92 Å². The highest BCUT2D eigenvalue weighted by Crippen LogP contribution is 2.15. The number of nitriles is 2.